The average Bonchev–Trinajstić information content (AvgIpc) is 3.60. The average molecular weight is 485 g/mol. The predicted octanol–water partition coefficient (Wildman–Crippen LogP) is 4.71. The minimum atomic E-state index is -0.934. The van der Waals surface area contributed by atoms with Crippen LogP contribution >= 0.6 is 0 Å². The Morgan fingerprint density at radius 3 is 2.40 bits per heavy atom. The number of nitrogens with one attached hydrogen (secondary N) is 2. The van der Waals surface area contributed by atoms with Gasteiger partial charge in [0.15, 0.2) is 0 Å². The third-order valence-corrected chi connectivity index (χ3v) is 5.62. The smallest absolute Gasteiger partial charge is 0.303 e. The molecule has 35 heavy (non-hydrogen) atoms. The minimum absolute atomic E-state index is 0.0639. The zero-order valence-electron chi connectivity index (χ0n) is 20.7. The molecule has 0 bridgehead atoms. The summed E-state index contributed by atoms with van der Waals surface area (Å²) < 4.78 is 20.7. The second-order valence-corrected chi connectivity index (χ2v) is 10.2. The molecule has 1 aliphatic rings. The van der Waals surface area contributed by atoms with E-state index in [1.54, 1.807) is 31.2 Å². The molecule has 0 spiro atoms. The highest BCUT2D eigenvalue weighted by molar-refractivity contribution is 5.98. The molecule has 0 aromatic heterocycles. The topological polar surface area (TPSA) is 105 Å². The van der Waals surface area contributed by atoms with Gasteiger partial charge in [0, 0.05) is 35.7 Å². The lowest BCUT2D eigenvalue weighted by atomic mass is 9.95. The molecule has 0 radical (unpaired) electrons. The van der Waals surface area contributed by atoms with Crippen LogP contribution in [0.5, 0.6) is 5.75 Å². The lowest BCUT2D eigenvalue weighted by Gasteiger charge is -2.19. The second-order valence-electron chi connectivity index (χ2n) is 10.2. The molecular weight excluding hydrogens is 451 g/mol. The number of carbonyl (C=O) groups excluding carboxylic acids is 2. The van der Waals surface area contributed by atoms with E-state index in [2.05, 4.69) is 10.6 Å². The molecule has 3 rings (SSSR count). The fourth-order valence-corrected chi connectivity index (χ4v) is 3.44. The van der Waals surface area contributed by atoms with Crippen LogP contribution in [0.25, 0.3) is 11.1 Å². The highest BCUT2D eigenvalue weighted by atomic mass is 19.1. The van der Waals surface area contributed by atoms with Gasteiger partial charge in [0.25, 0.3) is 11.8 Å². The Balaban J connectivity index is 1.95. The van der Waals surface area contributed by atoms with E-state index in [9.17, 15) is 18.8 Å². The summed E-state index contributed by atoms with van der Waals surface area (Å²) in [4.78, 5) is 36.2. The lowest BCUT2D eigenvalue weighted by Crippen LogP contribution is -2.32. The van der Waals surface area contributed by atoms with Gasteiger partial charge in [-0.1, -0.05) is 20.8 Å². The van der Waals surface area contributed by atoms with Crippen LogP contribution in [-0.4, -0.2) is 42.1 Å². The minimum Gasteiger partial charge on any atom is -0.493 e. The first-order valence-electron chi connectivity index (χ1n) is 11.8. The summed E-state index contributed by atoms with van der Waals surface area (Å²) in [6.45, 7) is 8.23. The maximum atomic E-state index is 14.8. The Morgan fingerprint density at radius 2 is 1.77 bits per heavy atom. The normalized spacial score (nSPS) is 13.3. The fourth-order valence-electron chi connectivity index (χ4n) is 3.44. The molecular formula is C27H33FN2O5. The van der Waals surface area contributed by atoms with Crippen LogP contribution in [0.15, 0.2) is 30.3 Å². The van der Waals surface area contributed by atoms with Crippen LogP contribution < -0.4 is 15.4 Å². The summed E-state index contributed by atoms with van der Waals surface area (Å²) in [5, 5.41) is 14.7. The summed E-state index contributed by atoms with van der Waals surface area (Å²) in [6.07, 6.45) is 2.04. The molecule has 2 aromatic rings. The van der Waals surface area contributed by atoms with E-state index >= 15 is 0 Å². The number of hydrogen-bond acceptors (Lipinski definition) is 4. The van der Waals surface area contributed by atoms with Crippen LogP contribution in [0.2, 0.25) is 0 Å². The highest BCUT2D eigenvalue weighted by Gasteiger charge is 2.25. The van der Waals surface area contributed by atoms with E-state index in [0.29, 0.717) is 34.5 Å². The standard InChI is InChI=1S/C27H33FN2O5/c1-16-21(12-18(13-22(16)28)26(34)30-19-8-9-19)20-10-7-17(25(33)29-15-27(2,3)4)14-23(20)35-11-5-6-24(31)32/h7,10,12-14,19H,5-6,8-9,11,15H2,1-4H3,(H,29,33)(H,30,34)(H,31,32). The fraction of sp³-hybridized carbons (Fsp3) is 0.444. The maximum absolute atomic E-state index is 14.8. The van der Waals surface area contributed by atoms with Crippen molar-refractivity contribution in [2.24, 2.45) is 5.41 Å². The number of amides is 2. The molecule has 0 unspecified atom stereocenters. The van der Waals surface area contributed by atoms with Crippen molar-refractivity contribution in [2.75, 3.05) is 13.2 Å². The monoisotopic (exact) mass is 484 g/mol. The molecule has 0 heterocycles. The molecule has 7 nitrogen and oxygen atoms in total. The lowest BCUT2D eigenvalue weighted by molar-refractivity contribution is -0.137. The van der Waals surface area contributed by atoms with Gasteiger partial charge in [0.2, 0.25) is 0 Å². The van der Waals surface area contributed by atoms with Gasteiger partial charge in [0.05, 0.1) is 6.61 Å². The van der Waals surface area contributed by atoms with Crippen molar-refractivity contribution >= 4 is 17.8 Å². The number of aliphatic carboxylic acids is 1. The number of ether oxygens (including phenoxy) is 1. The number of carboxylic acid groups (broad SMARTS) is 1. The third-order valence-electron chi connectivity index (χ3n) is 5.62. The van der Waals surface area contributed by atoms with Crippen molar-refractivity contribution < 1.29 is 28.6 Å². The van der Waals surface area contributed by atoms with Crippen molar-refractivity contribution in [3.63, 3.8) is 0 Å². The van der Waals surface area contributed by atoms with E-state index in [1.807, 2.05) is 20.8 Å². The molecule has 0 aliphatic heterocycles. The van der Waals surface area contributed by atoms with E-state index in [-0.39, 0.29) is 48.3 Å². The van der Waals surface area contributed by atoms with E-state index in [1.165, 1.54) is 6.07 Å². The molecule has 0 saturated heterocycles. The number of carboxylic acids is 1. The molecule has 2 aromatic carbocycles. The molecule has 1 saturated carbocycles. The Hall–Kier alpha value is -3.42. The molecule has 1 fully saturated rings. The van der Waals surface area contributed by atoms with E-state index in [0.717, 1.165) is 12.8 Å². The summed E-state index contributed by atoms with van der Waals surface area (Å²) >= 11 is 0. The van der Waals surface area contributed by atoms with Crippen molar-refractivity contribution in [2.45, 2.75) is 59.4 Å². The second kappa shape index (κ2) is 10.9. The first-order valence-corrected chi connectivity index (χ1v) is 11.8. The Kier molecular flexibility index (Phi) is 8.14. The van der Waals surface area contributed by atoms with Crippen LogP contribution in [0, 0.1) is 18.2 Å². The number of hydrogen-bond donors (Lipinski definition) is 3. The largest absolute Gasteiger partial charge is 0.493 e. The zero-order chi connectivity index (χ0) is 25.8. The molecule has 3 N–H and O–H groups in total. The zero-order valence-corrected chi connectivity index (χ0v) is 20.7. The predicted molar refractivity (Wildman–Crippen MR) is 131 cm³/mol. The summed E-state index contributed by atoms with van der Waals surface area (Å²) in [6, 6.07) is 7.85. The van der Waals surface area contributed by atoms with Crippen molar-refractivity contribution in [3.05, 3.63) is 52.8 Å². The van der Waals surface area contributed by atoms with Crippen LogP contribution in [-0.2, 0) is 4.79 Å². The molecule has 2 amide bonds. The number of carbonyl (C=O) groups is 3. The Labute approximate surface area is 205 Å². The quantitative estimate of drug-likeness (QED) is 0.424. The van der Waals surface area contributed by atoms with Gasteiger partial charge < -0.3 is 20.5 Å². The van der Waals surface area contributed by atoms with Crippen LogP contribution in [0.4, 0.5) is 4.39 Å². The first-order chi connectivity index (χ1) is 16.4. The van der Waals surface area contributed by atoms with Gasteiger partial charge in [-0.15, -0.1) is 0 Å². The summed E-state index contributed by atoms with van der Waals surface area (Å²) in [5.74, 6) is -1.75. The van der Waals surface area contributed by atoms with E-state index in [4.69, 9.17) is 9.84 Å². The van der Waals surface area contributed by atoms with Gasteiger partial charge >= 0.3 is 5.97 Å². The Morgan fingerprint density at radius 1 is 1.06 bits per heavy atom. The van der Waals surface area contributed by atoms with Crippen molar-refractivity contribution in [3.8, 4) is 16.9 Å². The summed E-state index contributed by atoms with van der Waals surface area (Å²) in [7, 11) is 0. The number of benzene rings is 2. The first kappa shape index (κ1) is 26.2. The third kappa shape index (κ3) is 7.53. The van der Waals surface area contributed by atoms with Gasteiger partial charge in [-0.3, -0.25) is 14.4 Å². The molecule has 188 valence electrons. The molecule has 1 aliphatic carbocycles. The Bertz CT molecular complexity index is 1120. The summed E-state index contributed by atoms with van der Waals surface area (Å²) in [5.41, 5.74) is 1.81. The SMILES string of the molecule is Cc1c(F)cc(C(=O)NC2CC2)cc1-c1ccc(C(=O)NCC(C)(C)C)cc1OCCCC(=O)O. The maximum Gasteiger partial charge on any atom is 0.303 e. The van der Waals surface area contributed by atoms with Gasteiger partial charge in [-0.25, -0.2) is 4.39 Å². The van der Waals surface area contributed by atoms with Gasteiger partial charge in [-0.2, -0.15) is 0 Å². The van der Waals surface area contributed by atoms with Crippen LogP contribution in [0.1, 0.15) is 72.7 Å². The van der Waals surface area contributed by atoms with Gasteiger partial charge in [-0.05, 0) is 73.1 Å². The van der Waals surface area contributed by atoms with Crippen molar-refractivity contribution in [1.82, 2.24) is 10.6 Å². The van der Waals surface area contributed by atoms with E-state index < -0.39 is 11.8 Å². The molecule has 0 atom stereocenters. The molecule has 8 heteroatoms. The number of rotatable bonds is 10. The highest BCUT2D eigenvalue weighted by Crippen LogP contribution is 2.35. The number of halogens is 1. The van der Waals surface area contributed by atoms with Crippen LogP contribution in [0.3, 0.4) is 0 Å². The van der Waals surface area contributed by atoms with Gasteiger partial charge in [0.1, 0.15) is 11.6 Å². The van der Waals surface area contributed by atoms with Crippen molar-refractivity contribution in [1.29, 1.82) is 0 Å².